The summed E-state index contributed by atoms with van der Waals surface area (Å²) in [5.41, 5.74) is 5.22. The third-order valence-corrected chi connectivity index (χ3v) is 3.20. The lowest BCUT2D eigenvalue weighted by Gasteiger charge is -2.30. The molecule has 1 atom stereocenters. The molecule has 0 fully saturated rings. The molecule has 1 unspecified atom stereocenters. The van der Waals surface area contributed by atoms with Crippen molar-refractivity contribution in [3.05, 3.63) is 0 Å². The third kappa shape index (κ3) is 9.20. The number of rotatable bonds is 7. The lowest BCUT2D eigenvalue weighted by molar-refractivity contribution is -0.134. The van der Waals surface area contributed by atoms with E-state index in [1.54, 1.807) is 20.8 Å². The van der Waals surface area contributed by atoms with Gasteiger partial charge in [-0.15, -0.1) is 0 Å². The van der Waals surface area contributed by atoms with E-state index in [-0.39, 0.29) is 12.4 Å². The largest absolute Gasteiger partial charge is 0.462 e. The van der Waals surface area contributed by atoms with Crippen molar-refractivity contribution < 1.29 is 29.0 Å². The molecule has 0 aliphatic rings. The van der Waals surface area contributed by atoms with E-state index in [0.717, 1.165) is 7.11 Å². The number of hydrogen-bond acceptors (Lipinski definition) is 8. The molecule has 10 heteroatoms. The van der Waals surface area contributed by atoms with E-state index >= 15 is 0 Å². The molecule has 0 aliphatic heterocycles. The van der Waals surface area contributed by atoms with Crippen LogP contribution in [0.1, 0.15) is 40.0 Å². The van der Waals surface area contributed by atoms with Gasteiger partial charge in [0, 0.05) is 13.7 Å². The Balaban J connectivity index is 5.15. The number of likely N-dealkylation sites (N-methyl/N-ethyl adjacent to an activating group) is 1. The summed E-state index contributed by atoms with van der Waals surface area (Å²) >= 11 is 4.68. The van der Waals surface area contributed by atoms with E-state index in [9.17, 15) is 9.59 Å². The molecular formula is C15H27N3O6S. The number of nitrogens with two attached hydrogens (primary N) is 1. The van der Waals surface area contributed by atoms with Gasteiger partial charge in [-0.1, -0.05) is 5.16 Å². The topological polar surface area (TPSA) is 124 Å². The summed E-state index contributed by atoms with van der Waals surface area (Å²) in [4.78, 5) is 29.5. The van der Waals surface area contributed by atoms with Crippen LogP contribution in [0.15, 0.2) is 5.16 Å². The number of esters is 1. The van der Waals surface area contributed by atoms with Crippen LogP contribution in [0.5, 0.6) is 0 Å². The van der Waals surface area contributed by atoms with Gasteiger partial charge in [0.15, 0.2) is 5.84 Å². The molecule has 9 nitrogen and oxygen atoms in total. The van der Waals surface area contributed by atoms with Crippen molar-refractivity contribution in [2.45, 2.75) is 51.7 Å². The van der Waals surface area contributed by atoms with Crippen molar-refractivity contribution in [3.8, 4) is 0 Å². The normalized spacial score (nSPS) is 13.0. The van der Waals surface area contributed by atoms with Crippen LogP contribution in [-0.4, -0.2) is 65.4 Å². The van der Waals surface area contributed by atoms with E-state index < -0.39 is 28.8 Å². The Morgan fingerprint density at radius 3 is 2.40 bits per heavy atom. The van der Waals surface area contributed by atoms with Crippen molar-refractivity contribution in [1.82, 2.24) is 4.90 Å². The number of amidine groups is 1. The van der Waals surface area contributed by atoms with Crippen LogP contribution in [0.2, 0.25) is 0 Å². The summed E-state index contributed by atoms with van der Waals surface area (Å²) in [5.74, 6) is -0.915. The highest BCUT2D eigenvalue weighted by Gasteiger charge is 2.28. The minimum Gasteiger partial charge on any atom is -0.462 e. The fraction of sp³-hybridized carbons (Fsp3) is 0.733. The number of amides is 1. The molecule has 0 saturated heterocycles. The maximum atomic E-state index is 12.2. The number of carbonyl (C=O) groups excluding carboxylic acids is 2. The molecule has 0 rings (SSSR count). The minimum absolute atomic E-state index is 0.0167. The smallest absolute Gasteiger partial charge is 0.410 e. The quantitative estimate of drug-likeness (QED) is 0.169. The first-order valence-electron chi connectivity index (χ1n) is 7.72. The average molecular weight is 377 g/mol. The maximum Gasteiger partial charge on any atom is 0.410 e. The van der Waals surface area contributed by atoms with Gasteiger partial charge in [-0.3, -0.25) is 0 Å². The standard InChI is InChI=1S/C15H27N3O6S/c1-15(2,3)23-14(21)18(4)10(8-6-7-9-19)11(16)17-24-13(25)12(20)22-5/h10,19H,6-9H2,1-5H3,(H2,16,17). The molecule has 0 bridgehead atoms. The molecule has 144 valence electrons. The van der Waals surface area contributed by atoms with Crippen LogP contribution in [0.3, 0.4) is 0 Å². The number of nitrogens with zero attached hydrogens (tertiary/aromatic N) is 2. The van der Waals surface area contributed by atoms with Crippen LogP contribution in [-0.2, 0) is 19.1 Å². The first kappa shape index (κ1) is 23.1. The summed E-state index contributed by atoms with van der Waals surface area (Å²) in [6, 6.07) is -0.651. The van der Waals surface area contributed by atoms with Crippen LogP contribution < -0.4 is 5.73 Å². The van der Waals surface area contributed by atoms with Gasteiger partial charge in [0.25, 0.3) is 0 Å². The second-order valence-corrected chi connectivity index (χ2v) is 6.58. The van der Waals surface area contributed by atoms with Crippen molar-refractivity contribution in [1.29, 1.82) is 0 Å². The second kappa shape index (κ2) is 10.8. The third-order valence-electron chi connectivity index (χ3n) is 2.96. The molecular weight excluding hydrogens is 350 g/mol. The Bertz CT molecular complexity index is 504. The number of ether oxygens (including phenoxy) is 2. The number of methoxy groups -OCH3 is 1. The second-order valence-electron chi connectivity index (χ2n) is 6.21. The molecule has 0 heterocycles. The van der Waals surface area contributed by atoms with E-state index in [4.69, 9.17) is 20.4 Å². The molecule has 0 saturated carbocycles. The Labute approximate surface area is 153 Å². The summed E-state index contributed by atoms with van der Waals surface area (Å²) in [5, 5.41) is 12.0. The van der Waals surface area contributed by atoms with Gasteiger partial charge in [0.05, 0.1) is 13.2 Å². The van der Waals surface area contributed by atoms with Gasteiger partial charge >= 0.3 is 17.1 Å². The van der Waals surface area contributed by atoms with Crippen molar-refractivity contribution >= 4 is 35.2 Å². The summed E-state index contributed by atoms with van der Waals surface area (Å²) in [7, 11) is 2.66. The first-order chi connectivity index (χ1) is 11.5. The lowest BCUT2D eigenvalue weighted by atomic mass is 10.1. The molecule has 1 amide bonds. The first-order valence-corrected chi connectivity index (χ1v) is 8.13. The van der Waals surface area contributed by atoms with E-state index in [1.165, 1.54) is 11.9 Å². The lowest BCUT2D eigenvalue weighted by Crippen LogP contribution is -2.47. The van der Waals surface area contributed by atoms with Crippen LogP contribution >= 0.6 is 12.2 Å². The number of unbranched alkanes of at least 4 members (excludes halogenated alkanes) is 1. The fourth-order valence-electron chi connectivity index (χ4n) is 1.73. The predicted molar refractivity (Wildman–Crippen MR) is 96.0 cm³/mol. The summed E-state index contributed by atoms with van der Waals surface area (Å²) in [6.07, 6.45) is 0.953. The number of aliphatic hydroxyl groups is 1. The number of thiocarbonyl (C=S) groups is 1. The Morgan fingerprint density at radius 1 is 1.32 bits per heavy atom. The van der Waals surface area contributed by atoms with Gasteiger partial charge in [-0.2, -0.15) is 0 Å². The Hall–Kier alpha value is -1.94. The molecule has 25 heavy (non-hydrogen) atoms. The molecule has 3 N–H and O–H groups in total. The van der Waals surface area contributed by atoms with Gasteiger partial charge in [-0.05, 0) is 52.3 Å². The summed E-state index contributed by atoms with van der Waals surface area (Å²) in [6.45, 7) is 5.25. The zero-order valence-corrected chi connectivity index (χ0v) is 16.1. The van der Waals surface area contributed by atoms with Gasteiger partial charge in [-0.25, -0.2) is 9.59 Å². The Morgan fingerprint density at radius 2 is 1.92 bits per heavy atom. The van der Waals surface area contributed by atoms with Crippen LogP contribution in [0, 0.1) is 0 Å². The monoisotopic (exact) mass is 377 g/mol. The molecule has 0 spiro atoms. The van der Waals surface area contributed by atoms with E-state index in [0.29, 0.717) is 19.3 Å². The minimum atomic E-state index is -0.858. The SMILES string of the molecule is COC(=O)C(=S)O/N=C(\N)C(CCCCO)N(C)C(=O)OC(C)(C)C. The highest BCUT2D eigenvalue weighted by molar-refractivity contribution is 7.81. The van der Waals surface area contributed by atoms with Gasteiger partial charge < -0.3 is 30.1 Å². The molecule has 0 aromatic carbocycles. The van der Waals surface area contributed by atoms with E-state index in [1.807, 2.05) is 0 Å². The van der Waals surface area contributed by atoms with Gasteiger partial charge in [0.1, 0.15) is 5.60 Å². The molecule has 0 aromatic heterocycles. The molecule has 0 aliphatic carbocycles. The predicted octanol–water partition coefficient (Wildman–Crippen LogP) is 1.17. The number of hydrogen-bond donors (Lipinski definition) is 2. The number of aliphatic hydroxyl groups excluding tert-OH is 1. The van der Waals surface area contributed by atoms with Gasteiger partial charge in [0.2, 0.25) is 0 Å². The zero-order chi connectivity index (χ0) is 19.6. The van der Waals surface area contributed by atoms with E-state index in [2.05, 4.69) is 22.1 Å². The molecule has 0 radical (unpaired) electrons. The van der Waals surface area contributed by atoms with Crippen LogP contribution in [0.25, 0.3) is 0 Å². The maximum absolute atomic E-state index is 12.2. The Kier molecular flexibility index (Phi) is 9.99. The highest BCUT2D eigenvalue weighted by Crippen LogP contribution is 2.14. The zero-order valence-electron chi connectivity index (χ0n) is 15.3. The highest BCUT2D eigenvalue weighted by atomic mass is 32.1. The summed E-state index contributed by atoms with van der Waals surface area (Å²) < 4.78 is 9.70. The molecule has 0 aromatic rings. The average Bonchev–Trinajstić information content (AvgIpc) is 2.53. The number of carbonyl (C=O) groups is 2. The van der Waals surface area contributed by atoms with Crippen molar-refractivity contribution in [2.75, 3.05) is 20.8 Å². The van der Waals surface area contributed by atoms with Crippen molar-refractivity contribution in [3.63, 3.8) is 0 Å². The van der Waals surface area contributed by atoms with Crippen LogP contribution in [0.4, 0.5) is 4.79 Å². The fourth-order valence-corrected chi connectivity index (χ4v) is 1.85. The van der Waals surface area contributed by atoms with Crippen molar-refractivity contribution in [2.24, 2.45) is 10.9 Å². The number of oxime groups is 1.